The molecule has 0 unspecified atom stereocenters. The minimum absolute atomic E-state index is 0.114. The number of nitrogens with one attached hydrogen (secondary N) is 1. The first kappa shape index (κ1) is 31.9. The van der Waals surface area contributed by atoms with Crippen molar-refractivity contribution in [1.29, 1.82) is 0 Å². The van der Waals surface area contributed by atoms with Crippen molar-refractivity contribution in [2.45, 2.75) is 12.4 Å². The first-order valence-corrected chi connectivity index (χ1v) is 16.2. The highest BCUT2D eigenvalue weighted by molar-refractivity contribution is 9.11. The summed E-state index contributed by atoms with van der Waals surface area (Å²) in [6.07, 6.45) is 17.1. The van der Waals surface area contributed by atoms with E-state index in [1.54, 1.807) is 58.8 Å². The van der Waals surface area contributed by atoms with E-state index in [0.717, 1.165) is 31.4 Å². The molecule has 236 valence electrons. The second-order valence-electron chi connectivity index (χ2n) is 9.94. The zero-order valence-electron chi connectivity index (χ0n) is 24.4. The fourth-order valence-corrected chi connectivity index (χ4v) is 5.70. The molecule has 2 aromatic carbocycles. The Hall–Kier alpha value is -5.05. The molecule has 15 heteroatoms. The molecule has 0 amide bonds. The lowest BCUT2D eigenvalue weighted by molar-refractivity contribution is 0.710. The van der Waals surface area contributed by atoms with Crippen LogP contribution < -0.4 is 11.4 Å². The summed E-state index contributed by atoms with van der Waals surface area (Å²) in [4.78, 5) is 34.2. The molecule has 8 rings (SSSR count). The lowest BCUT2D eigenvalue weighted by Crippen LogP contribution is -2.26. The van der Waals surface area contributed by atoms with Gasteiger partial charge in [0.2, 0.25) is 0 Å². The molecule has 12 nitrogen and oxygen atoms in total. The summed E-state index contributed by atoms with van der Waals surface area (Å²) in [6, 6.07) is 19.8. The molecule has 0 aliphatic carbocycles. The predicted molar refractivity (Wildman–Crippen MR) is 186 cm³/mol. The number of aromatic amines is 1. The van der Waals surface area contributed by atoms with Gasteiger partial charge in [0.1, 0.15) is 0 Å². The molecule has 0 bridgehead atoms. The van der Waals surface area contributed by atoms with Crippen LogP contribution in [0.25, 0.3) is 22.7 Å². The van der Waals surface area contributed by atoms with Crippen molar-refractivity contribution in [1.82, 2.24) is 47.9 Å². The van der Waals surface area contributed by atoms with E-state index in [2.05, 4.69) is 57.0 Å². The Balaban J connectivity index is 0.000000136. The number of aromatic nitrogens is 10. The first-order valence-electron chi connectivity index (χ1n) is 14.1. The number of imidazole rings is 2. The molecular weight excluding hydrogens is 752 g/mol. The molecule has 0 radical (unpaired) electrons. The monoisotopic (exact) mass is 774 g/mol. The Morgan fingerprint density at radius 1 is 0.681 bits per heavy atom. The van der Waals surface area contributed by atoms with Crippen molar-refractivity contribution in [3.63, 3.8) is 0 Å². The minimum atomic E-state index is -0.180. The largest absolute Gasteiger partial charge is 0.334 e. The summed E-state index contributed by atoms with van der Waals surface area (Å²) in [7, 11) is 0. The fraction of sp³-hybridized carbons (Fsp3) is 0.0625. The lowest BCUT2D eigenvalue weighted by atomic mass is 10.2. The highest BCUT2D eigenvalue weighted by atomic mass is 79.9. The SMILES string of the molecule is ClCc1ccc(-n2cccn2)cc1.O=c1[nH]cc(Br)c2nccn12.O=c1n(Cc2ccc(-n3cccn3)cc2)cc(Br)c2nccn12. The number of benzene rings is 2. The van der Waals surface area contributed by atoms with Gasteiger partial charge in [0.25, 0.3) is 0 Å². The Morgan fingerprint density at radius 2 is 1.23 bits per heavy atom. The van der Waals surface area contributed by atoms with E-state index in [-0.39, 0.29) is 11.4 Å². The van der Waals surface area contributed by atoms with Crippen LogP contribution in [0.5, 0.6) is 0 Å². The topological polar surface area (TPSA) is 125 Å². The molecule has 8 aromatic rings. The summed E-state index contributed by atoms with van der Waals surface area (Å²) in [6.45, 7) is 0.491. The third kappa shape index (κ3) is 7.35. The van der Waals surface area contributed by atoms with Crippen LogP contribution in [0.4, 0.5) is 0 Å². The second kappa shape index (κ2) is 14.6. The second-order valence-corrected chi connectivity index (χ2v) is 11.9. The van der Waals surface area contributed by atoms with Crippen molar-refractivity contribution < 1.29 is 0 Å². The number of halogens is 3. The number of hydrogen-bond acceptors (Lipinski definition) is 6. The number of fused-ring (bicyclic) bond motifs is 2. The summed E-state index contributed by atoms with van der Waals surface area (Å²) in [5.41, 5.74) is 5.16. The van der Waals surface area contributed by atoms with E-state index >= 15 is 0 Å². The zero-order valence-corrected chi connectivity index (χ0v) is 28.4. The standard InChI is InChI=1S/C16H12BrN5O.C10H9ClN2.C6H4BrN3O/c17-14-11-20(16(23)21-9-7-18-15(14)21)10-12-2-4-13(5-3-12)22-8-1-6-19-22;11-8-9-2-4-10(5-3-9)13-7-1-6-12-13;7-4-3-9-6(11)10-2-1-8-5(4)10/h1-9,11H,10H2;1-7H,8H2;1-3H,(H,9,11). The highest BCUT2D eigenvalue weighted by Gasteiger charge is 2.08. The number of alkyl halides is 1. The van der Waals surface area contributed by atoms with E-state index in [9.17, 15) is 9.59 Å². The van der Waals surface area contributed by atoms with Crippen LogP contribution in [0.2, 0.25) is 0 Å². The predicted octanol–water partition coefficient (Wildman–Crippen LogP) is 5.89. The average Bonchev–Trinajstić information content (AvgIpc) is 3.94. The van der Waals surface area contributed by atoms with Gasteiger partial charge >= 0.3 is 11.4 Å². The van der Waals surface area contributed by atoms with E-state index < -0.39 is 0 Å². The van der Waals surface area contributed by atoms with Gasteiger partial charge in [0, 0.05) is 67.8 Å². The summed E-state index contributed by atoms with van der Waals surface area (Å²) < 4.78 is 9.80. The summed E-state index contributed by atoms with van der Waals surface area (Å²) in [5.74, 6) is 0.555. The Bertz CT molecular complexity index is 2330. The zero-order chi connectivity index (χ0) is 32.8. The molecule has 6 aromatic heterocycles. The maximum Gasteiger partial charge on any atom is 0.334 e. The molecule has 47 heavy (non-hydrogen) atoms. The number of hydrogen-bond donors (Lipinski definition) is 1. The third-order valence-electron chi connectivity index (χ3n) is 6.89. The van der Waals surface area contributed by atoms with Crippen molar-refractivity contribution in [3.05, 3.63) is 164 Å². The molecular formula is C32H25Br2ClN10O2. The molecule has 1 N–H and O–H groups in total. The van der Waals surface area contributed by atoms with Crippen LogP contribution in [0, 0.1) is 0 Å². The summed E-state index contributed by atoms with van der Waals surface area (Å²) in [5, 5.41) is 8.32. The van der Waals surface area contributed by atoms with E-state index in [1.165, 1.54) is 8.80 Å². The molecule has 0 atom stereocenters. The Morgan fingerprint density at radius 3 is 1.77 bits per heavy atom. The number of H-pyrrole nitrogens is 1. The smallest absolute Gasteiger partial charge is 0.313 e. The van der Waals surface area contributed by atoms with Crippen LogP contribution in [0.3, 0.4) is 0 Å². The average molecular weight is 777 g/mol. The van der Waals surface area contributed by atoms with Gasteiger partial charge in [-0.3, -0.25) is 13.4 Å². The minimum Gasteiger partial charge on any atom is -0.313 e. The Kier molecular flexibility index (Phi) is 9.90. The molecule has 6 heterocycles. The molecule has 0 aliphatic heterocycles. The van der Waals surface area contributed by atoms with Gasteiger partial charge in [-0.15, -0.1) is 11.6 Å². The van der Waals surface area contributed by atoms with E-state index in [4.69, 9.17) is 11.6 Å². The van der Waals surface area contributed by atoms with Gasteiger partial charge in [-0.05, 0) is 79.4 Å². The van der Waals surface area contributed by atoms with Crippen LogP contribution in [-0.2, 0) is 12.4 Å². The third-order valence-corrected chi connectivity index (χ3v) is 8.34. The van der Waals surface area contributed by atoms with Gasteiger partial charge in [0.05, 0.1) is 26.9 Å². The lowest BCUT2D eigenvalue weighted by Gasteiger charge is -2.09. The quantitative estimate of drug-likeness (QED) is 0.218. The molecule has 0 saturated heterocycles. The Labute approximate surface area is 288 Å². The van der Waals surface area contributed by atoms with Crippen molar-refractivity contribution >= 4 is 54.8 Å². The number of nitrogens with zero attached hydrogens (tertiary/aromatic N) is 9. The summed E-state index contributed by atoms with van der Waals surface area (Å²) >= 11 is 12.4. The van der Waals surface area contributed by atoms with Crippen LogP contribution in [0.15, 0.2) is 141 Å². The van der Waals surface area contributed by atoms with Gasteiger partial charge < -0.3 is 4.98 Å². The maximum absolute atomic E-state index is 12.5. The van der Waals surface area contributed by atoms with Crippen molar-refractivity contribution in [2.24, 2.45) is 0 Å². The van der Waals surface area contributed by atoms with E-state index in [0.29, 0.717) is 23.7 Å². The highest BCUT2D eigenvalue weighted by Crippen LogP contribution is 2.15. The fourth-order valence-electron chi connectivity index (χ4n) is 4.57. The normalized spacial score (nSPS) is 10.8. The van der Waals surface area contributed by atoms with Gasteiger partial charge in [-0.2, -0.15) is 10.2 Å². The maximum atomic E-state index is 12.5. The number of rotatable bonds is 5. The first-order chi connectivity index (χ1) is 22.9. The molecule has 0 spiro atoms. The van der Waals surface area contributed by atoms with E-state index in [1.807, 2.05) is 77.7 Å². The molecule has 0 fully saturated rings. The van der Waals surface area contributed by atoms with Gasteiger partial charge in [-0.1, -0.05) is 24.3 Å². The van der Waals surface area contributed by atoms with Crippen molar-refractivity contribution in [3.8, 4) is 11.4 Å². The van der Waals surface area contributed by atoms with Crippen LogP contribution in [0.1, 0.15) is 11.1 Å². The van der Waals surface area contributed by atoms with Crippen LogP contribution >= 0.6 is 43.5 Å². The van der Waals surface area contributed by atoms with Crippen molar-refractivity contribution in [2.75, 3.05) is 0 Å². The van der Waals surface area contributed by atoms with Gasteiger partial charge in [-0.25, -0.2) is 28.9 Å². The molecule has 0 aliphatic rings. The van der Waals surface area contributed by atoms with Gasteiger partial charge in [0.15, 0.2) is 11.3 Å². The van der Waals surface area contributed by atoms with Crippen LogP contribution in [-0.4, -0.2) is 47.9 Å². The molecule has 0 saturated carbocycles.